The Morgan fingerprint density at radius 3 is 2.26 bits per heavy atom. The normalized spacial score (nSPS) is 18.9. The van der Waals surface area contributed by atoms with Gasteiger partial charge in [0.1, 0.15) is 5.52 Å². The maximum absolute atomic E-state index is 6.89. The molecule has 35 heavy (non-hydrogen) atoms. The van der Waals surface area contributed by atoms with Crippen LogP contribution in [0.1, 0.15) is 58.1 Å². The molecular formula is C27H31ClN5OSi. The van der Waals surface area contributed by atoms with E-state index in [0.29, 0.717) is 17.1 Å². The van der Waals surface area contributed by atoms with Crippen molar-refractivity contribution in [2.75, 3.05) is 5.73 Å². The Hall–Kier alpha value is -2.74. The molecule has 5 rings (SSSR count). The van der Waals surface area contributed by atoms with Gasteiger partial charge in [-0.25, -0.2) is 9.97 Å². The summed E-state index contributed by atoms with van der Waals surface area (Å²) in [6.45, 7) is 6.74. The van der Waals surface area contributed by atoms with Gasteiger partial charge in [-0.2, -0.15) is 4.98 Å². The number of halogens is 1. The summed E-state index contributed by atoms with van der Waals surface area (Å²) < 4.78 is 8.91. The van der Waals surface area contributed by atoms with Crippen LogP contribution in [0.3, 0.4) is 0 Å². The van der Waals surface area contributed by atoms with Gasteiger partial charge in [-0.1, -0.05) is 75.4 Å². The molecule has 0 spiro atoms. The van der Waals surface area contributed by atoms with Gasteiger partial charge in [-0.15, -0.1) is 0 Å². The standard InChI is InChI=1S/C27H31ClN5OSi/c1-27(2,3)18-9-15-22(16-10-18)35(21-7-5-4-6-8-21)34-20-13-11-19(12-14-20)33-24-23(31-26(33)29)17-30-25(28)32-24/h4-10,15-17,19-20H,11-14H2,1-3H3,(H2,29,31). The van der Waals surface area contributed by atoms with Crippen LogP contribution in [0.2, 0.25) is 5.28 Å². The van der Waals surface area contributed by atoms with Gasteiger partial charge in [0, 0.05) is 12.1 Å². The SMILES string of the molecule is CC(C)(C)c1ccc([Si](OC2CCC(n3c(N)nc4cnc(Cl)nc43)CC2)c2ccccc2)cc1. The van der Waals surface area contributed by atoms with Crippen LogP contribution in [0, 0.1) is 0 Å². The first-order valence-electron chi connectivity index (χ1n) is 12.2. The highest BCUT2D eigenvalue weighted by Gasteiger charge is 2.30. The zero-order chi connectivity index (χ0) is 24.6. The highest BCUT2D eigenvalue weighted by Crippen LogP contribution is 2.34. The molecule has 1 aliphatic rings. The molecule has 1 radical (unpaired) electrons. The zero-order valence-electron chi connectivity index (χ0n) is 20.4. The third-order valence-electron chi connectivity index (χ3n) is 6.77. The summed E-state index contributed by atoms with van der Waals surface area (Å²) in [4.78, 5) is 12.9. The van der Waals surface area contributed by atoms with E-state index >= 15 is 0 Å². The number of hydrogen-bond acceptors (Lipinski definition) is 5. The first-order valence-corrected chi connectivity index (χ1v) is 13.9. The van der Waals surface area contributed by atoms with Gasteiger partial charge in [0.2, 0.25) is 11.2 Å². The van der Waals surface area contributed by atoms with Crippen LogP contribution in [-0.4, -0.2) is 34.7 Å². The molecular weight excluding hydrogens is 474 g/mol. The Morgan fingerprint density at radius 2 is 1.60 bits per heavy atom. The number of nitrogens with two attached hydrogens (primary N) is 1. The van der Waals surface area contributed by atoms with Crippen LogP contribution < -0.4 is 16.1 Å². The lowest BCUT2D eigenvalue weighted by atomic mass is 9.87. The average Bonchev–Trinajstić information content (AvgIpc) is 3.18. The van der Waals surface area contributed by atoms with Crippen LogP contribution in [0.25, 0.3) is 11.2 Å². The Kier molecular flexibility index (Phi) is 6.66. The summed E-state index contributed by atoms with van der Waals surface area (Å²) in [5.41, 5.74) is 9.12. The number of benzene rings is 2. The summed E-state index contributed by atoms with van der Waals surface area (Å²) in [6.07, 6.45) is 5.67. The number of hydrogen-bond donors (Lipinski definition) is 1. The van der Waals surface area contributed by atoms with Gasteiger partial charge in [-0.05, 0) is 58.6 Å². The Morgan fingerprint density at radius 1 is 0.943 bits per heavy atom. The molecule has 6 nitrogen and oxygen atoms in total. The van der Waals surface area contributed by atoms with Crippen LogP contribution in [0.4, 0.5) is 5.95 Å². The number of rotatable bonds is 5. The highest BCUT2D eigenvalue weighted by atomic mass is 35.5. The predicted octanol–water partition coefficient (Wildman–Crippen LogP) is 4.67. The van der Waals surface area contributed by atoms with Gasteiger partial charge in [0.25, 0.3) is 9.04 Å². The molecule has 1 fully saturated rings. The summed E-state index contributed by atoms with van der Waals surface area (Å²) in [7, 11) is -1.36. The van der Waals surface area contributed by atoms with E-state index in [0.717, 1.165) is 25.7 Å². The molecule has 1 saturated carbocycles. The molecule has 2 heterocycles. The number of nitrogen functional groups attached to an aromatic ring is 1. The largest absolute Gasteiger partial charge is 0.404 e. The van der Waals surface area contributed by atoms with Crippen molar-refractivity contribution in [3.63, 3.8) is 0 Å². The lowest BCUT2D eigenvalue weighted by molar-refractivity contribution is 0.138. The molecule has 0 saturated heterocycles. The van der Waals surface area contributed by atoms with Gasteiger partial charge < -0.3 is 10.2 Å². The average molecular weight is 505 g/mol. The maximum atomic E-state index is 6.89. The van der Waals surface area contributed by atoms with E-state index < -0.39 is 9.04 Å². The van der Waals surface area contributed by atoms with E-state index in [-0.39, 0.29) is 22.8 Å². The van der Waals surface area contributed by atoms with Gasteiger partial charge in [0.05, 0.1) is 6.20 Å². The van der Waals surface area contributed by atoms with Gasteiger partial charge >= 0.3 is 0 Å². The molecule has 2 N–H and O–H groups in total. The minimum absolute atomic E-state index is 0.131. The second kappa shape index (κ2) is 9.72. The summed E-state index contributed by atoms with van der Waals surface area (Å²) in [5.74, 6) is 0.467. The van der Waals surface area contributed by atoms with Crippen LogP contribution in [0.5, 0.6) is 0 Å². The van der Waals surface area contributed by atoms with Crippen molar-refractivity contribution < 1.29 is 4.43 Å². The van der Waals surface area contributed by atoms with Gasteiger partial charge in [-0.3, -0.25) is 4.57 Å². The molecule has 4 aromatic rings. The smallest absolute Gasteiger partial charge is 0.283 e. The predicted molar refractivity (Wildman–Crippen MR) is 144 cm³/mol. The maximum Gasteiger partial charge on any atom is 0.283 e. The highest BCUT2D eigenvalue weighted by molar-refractivity contribution is 6.80. The number of aromatic nitrogens is 4. The topological polar surface area (TPSA) is 78.9 Å². The van der Waals surface area contributed by atoms with Crippen LogP contribution in [0.15, 0.2) is 60.8 Å². The Bertz CT molecular complexity index is 1300. The third kappa shape index (κ3) is 5.12. The van der Waals surface area contributed by atoms with Gasteiger partial charge in [0.15, 0.2) is 5.65 Å². The molecule has 1 aliphatic carbocycles. The third-order valence-corrected chi connectivity index (χ3v) is 9.24. The van der Waals surface area contributed by atoms with Crippen molar-refractivity contribution in [1.82, 2.24) is 19.5 Å². The number of anilines is 1. The number of imidazole rings is 1. The summed E-state index contributed by atoms with van der Waals surface area (Å²) in [6, 6.07) is 19.9. The summed E-state index contributed by atoms with van der Waals surface area (Å²) in [5, 5.41) is 2.77. The molecule has 8 heteroatoms. The zero-order valence-corrected chi connectivity index (χ0v) is 22.2. The van der Waals surface area contributed by atoms with E-state index in [1.54, 1.807) is 6.20 Å². The van der Waals surface area contributed by atoms with Crippen LogP contribution in [-0.2, 0) is 9.84 Å². The van der Waals surface area contributed by atoms with Crippen molar-refractivity contribution in [1.29, 1.82) is 0 Å². The molecule has 0 bridgehead atoms. The molecule has 0 atom stereocenters. The minimum Gasteiger partial charge on any atom is -0.404 e. The van der Waals surface area contributed by atoms with E-state index in [1.165, 1.54) is 15.9 Å². The Labute approximate surface area is 213 Å². The molecule has 0 aliphatic heterocycles. The summed E-state index contributed by atoms with van der Waals surface area (Å²) >= 11 is 6.05. The van der Waals surface area contributed by atoms with Crippen molar-refractivity contribution in [3.05, 3.63) is 71.6 Å². The second-order valence-electron chi connectivity index (χ2n) is 10.3. The molecule has 2 aromatic heterocycles. The lowest BCUT2D eigenvalue weighted by Gasteiger charge is -2.32. The van der Waals surface area contributed by atoms with E-state index in [9.17, 15) is 0 Å². The number of nitrogens with zero attached hydrogens (tertiary/aromatic N) is 4. The van der Waals surface area contributed by atoms with E-state index in [4.69, 9.17) is 21.8 Å². The molecule has 181 valence electrons. The fourth-order valence-corrected chi connectivity index (χ4v) is 7.12. The number of fused-ring (bicyclic) bond motifs is 1. The minimum atomic E-state index is -1.36. The first-order chi connectivity index (χ1) is 16.8. The van der Waals surface area contributed by atoms with E-state index in [1.807, 2.05) is 4.57 Å². The van der Waals surface area contributed by atoms with Crippen molar-refractivity contribution in [3.8, 4) is 0 Å². The lowest BCUT2D eigenvalue weighted by Crippen LogP contribution is -2.48. The second-order valence-corrected chi connectivity index (χ2v) is 12.6. The van der Waals surface area contributed by atoms with Crippen molar-refractivity contribution in [2.24, 2.45) is 0 Å². The fourth-order valence-electron chi connectivity index (χ4n) is 4.85. The Balaban J connectivity index is 1.34. The van der Waals surface area contributed by atoms with E-state index in [2.05, 4.69) is 90.3 Å². The van der Waals surface area contributed by atoms with Crippen molar-refractivity contribution >= 4 is 48.1 Å². The van der Waals surface area contributed by atoms with Crippen LogP contribution >= 0.6 is 11.6 Å². The van der Waals surface area contributed by atoms with Crippen molar-refractivity contribution in [2.45, 2.75) is 64.0 Å². The molecule has 2 aromatic carbocycles. The fraction of sp³-hybridized carbons (Fsp3) is 0.370. The molecule has 0 unspecified atom stereocenters. The molecule has 0 amide bonds. The monoisotopic (exact) mass is 504 g/mol. The quantitative estimate of drug-likeness (QED) is 0.316. The first kappa shape index (κ1) is 24.0.